The van der Waals surface area contributed by atoms with E-state index < -0.39 is 116 Å². The zero-order valence-electron chi connectivity index (χ0n) is 76.8. The Morgan fingerprint density at radius 2 is 0.669 bits per heavy atom. The van der Waals surface area contributed by atoms with E-state index in [-0.39, 0.29) is 145 Å². The highest BCUT2D eigenvalue weighted by Crippen LogP contribution is 2.38. The van der Waals surface area contributed by atoms with Crippen molar-refractivity contribution < 1.29 is 111 Å². The van der Waals surface area contributed by atoms with Crippen LogP contribution >= 0.6 is 0 Å². The van der Waals surface area contributed by atoms with E-state index in [2.05, 4.69) is 51.6 Å². The number of hydrogen-bond donors (Lipinski definition) is 13. The van der Waals surface area contributed by atoms with Gasteiger partial charge in [0, 0.05) is 102 Å². The van der Waals surface area contributed by atoms with Crippen molar-refractivity contribution in [3.63, 3.8) is 0 Å². The summed E-state index contributed by atoms with van der Waals surface area (Å²) in [7, 11) is 5.58. The van der Waals surface area contributed by atoms with Gasteiger partial charge in [-0.2, -0.15) is 20.4 Å². The maximum Gasteiger partial charge on any atom is 0.276 e. The summed E-state index contributed by atoms with van der Waals surface area (Å²) >= 11 is 0. The topological polar surface area (TPSA) is 625 Å². The van der Waals surface area contributed by atoms with Crippen molar-refractivity contribution in [2.45, 2.75) is 176 Å². The van der Waals surface area contributed by atoms with Gasteiger partial charge in [-0.25, -0.2) is 19.9 Å². The van der Waals surface area contributed by atoms with Crippen LogP contribution in [0.15, 0.2) is 97.1 Å². The molecule has 2 aliphatic heterocycles. The number of carbonyl (C=O) groups is 8. The second-order valence-electron chi connectivity index (χ2n) is 31.6. The summed E-state index contributed by atoms with van der Waals surface area (Å²) in [6.07, 6.45) is -2.05. The monoisotopic (exact) mass is 1880 g/mol. The fourth-order valence-corrected chi connectivity index (χ4v) is 16.0. The largest absolute Gasteiger partial charge is 0.494 e. The van der Waals surface area contributed by atoms with Crippen LogP contribution in [0.2, 0.25) is 0 Å². The summed E-state index contributed by atoms with van der Waals surface area (Å²) in [6, 6.07) is 18.6. The van der Waals surface area contributed by atoms with Crippen molar-refractivity contribution in [2.75, 3.05) is 89.3 Å². The van der Waals surface area contributed by atoms with E-state index in [0.29, 0.717) is 106 Å². The minimum atomic E-state index is -1.42. The number of nitrogens with zero attached hydrogens (tertiary/aromatic N) is 16. The summed E-state index contributed by atoms with van der Waals surface area (Å²) in [5, 5.41) is 80.4. The first-order valence-corrected chi connectivity index (χ1v) is 43.6. The average Bonchev–Trinajstić information content (AvgIpc) is 1.62. The van der Waals surface area contributed by atoms with Gasteiger partial charge in [-0.05, 0) is 128 Å². The second-order valence-corrected chi connectivity index (χ2v) is 31.6. The molecule has 0 spiro atoms. The lowest BCUT2D eigenvalue weighted by atomic mass is 9.99. The Hall–Kier alpha value is -14.4. The third-order valence-electron chi connectivity index (χ3n) is 22.4. The third-order valence-corrected chi connectivity index (χ3v) is 22.4. The van der Waals surface area contributed by atoms with Gasteiger partial charge in [-0.1, -0.05) is 24.3 Å². The number of methoxy groups -OCH3 is 4. The van der Waals surface area contributed by atoms with Crippen LogP contribution in [0, 0.1) is 27.7 Å². The maximum absolute atomic E-state index is 13.9. The highest BCUT2D eigenvalue weighted by atomic mass is 16.7. The molecule has 0 saturated carbocycles. The van der Waals surface area contributed by atoms with Gasteiger partial charge in [-0.15, -0.1) is 0 Å². The van der Waals surface area contributed by atoms with Crippen LogP contribution in [0.1, 0.15) is 147 Å². The molecule has 0 aliphatic carbocycles. The predicted molar refractivity (Wildman–Crippen MR) is 490 cm³/mol. The van der Waals surface area contributed by atoms with Crippen LogP contribution in [-0.4, -0.2) is 274 Å². The number of aliphatic hydroxyl groups excluding tert-OH is 5. The van der Waals surface area contributed by atoms with Crippen molar-refractivity contribution in [3.05, 3.63) is 165 Å². The minimum absolute atomic E-state index is 0.000322. The first-order valence-electron chi connectivity index (χ1n) is 43.6. The summed E-state index contributed by atoms with van der Waals surface area (Å²) in [4.78, 5) is 124. The lowest BCUT2D eigenvalue weighted by molar-refractivity contribution is -0.301. The molecule has 724 valence electrons. The number of primary amides is 4. The number of nitrogens with two attached hydrogens (primary N) is 4. The molecule has 2 saturated heterocycles. The number of nitrogens with one attached hydrogen (secondary N) is 4. The summed E-state index contributed by atoms with van der Waals surface area (Å²) in [6.45, 7) is 15.9. The van der Waals surface area contributed by atoms with Crippen LogP contribution in [0.25, 0.3) is 44.1 Å². The molecule has 14 rings (SSSR count). The second kappa shape index (κ2) is 43.7. The molecule has 47 heteroatoms. The summed E-state index contributed by atoms with van der Waals surface area (Å²) in [5.74, 6) is -3.35. The molecular weight excluding hydrogens is 1770 g/mol. The van der Waals surface area contributed by atoms with E-state index in [1.54, 1.807) is 113 Å². The smallest absolute Gasteiger partial charge is 0.276 e. The van der Waals surface area contributed by atoms with Gasteiger partial charge < -0.3 is 114 Å². The number of ether oxygens (including phenoxy) is 10. The number of aryl methyl sites for hydroxylation is 8. The molecule has 4 aromatic carbocycles. The first-order chi connectivity index (χ1) is 65.3. The van der Waals surface area contributed by atoms with Crippen LogP contribution in [0.4, 0.5) is 23.8 Å². The molecule has 17 N–H and O–H groups in total. The van der Waals surface area contributed by atoms with Gasteiger partial charge in [0.1, 0.15) is 111 Å². The minimum Gasteiger partial charge on any atom is -0.494 e. The Kier molecular flexibility index (Phi) is 31.9. The molecule has 9 atom stereocenters. The van der Waals surface area contributed by atoms with Gasteiger partial charge in [-0.3, -0.25) is 78.4 Å². The normalized spacial score (nSPS) is 17.8. The van der Waals surface area contributed by atoms with Crippen molar-refractivity contribution in [1.82, 2.24) is 77.3 Å². The Morgan fingerprint density at radius 3 is 0.949 bits per heavy atom. The molecule has 12 aromatic rings. The number of aromatic nitrogens is 16. The van der Waals surface area contributed by atoms with Gasteiger partial charge >= 0.3 is 0 Å². The number of hydrogen-bond acceptors (Lipinski definition) is 31. The third kappa shape index (κ3) is 21.5. The number of fused-ring (bicyclic) bond motifs is 4. The van der Waals surface area contributed by atoms with Crippen molar-refractivity contribution in [1.29, 1.82) is 0 Å². The number of aliphatic hydroxyl groups is 5. The number of carbonyl (C=O) groups excluding carboxylic acids is 8. The fraction of sp³-hybridized carbons (Fsp3) is 0.416. The Bertz CT molecular complexity index is 6510. The molecule has 8 aromatic heterocycles. The molecule has 0 bridgehead atoms. The molecule has 2 fully saturated rings. The highest BCUT2D eigenvalue weighted by Gasteiger charge is 2.46. The first kappa shape index (κ1) is 99.1. The average molecular weight is 1880 g/mol. The predicted octanol–water partition coefficient (Wildman–Crippen LogP) is 3.92. The molecule has 10 heterocycles. The zero-order valence-corrected chi connectivity index (χ0v) is 76.8. The lowest BCUT2D eigenvalue weighted by Crippen LogP contribution is -2.59. The lowest BCUT2D eigenvalue weighted by Gasteiger charge is -2.41. The molecule has 0 unspecified atom stereocenters. The molecule has 136 heavy (non-hydrogen) atoms. The molecule has 2 aliphatic rings. The number of amides is 8. The number of benzene rings is 4. The van der Waals surface area contributed by atoms with Crippen molar-refractivity contribution in [2.24, 2.45) is 22.9 Å². The van der Waals surface area contributed by atoms with Gasteiger partial charge in [0.05, 0.1) is 98.7 Å². The van der Waals surface area contributed by atoms with Crippen LogP contribution in [-0.2, 0) is 80.8 Å². The van der Waals surface area contributed by atoms with Crippen LogP contribution in [0.3, 0.4) is 0 Å². The van der Waals surface area contributed by atoms with Gasteiger partial charge in [0.25, 0.3) is 23.6 Å². The van der Waals surface area contributed by atoms with E-state index >= 15 is 0 Å². The standard InChI is InChI=1S/C45H56N12O12.C44H54N12O11/c1-7-56-29(16-23(3)52-56)41(63)50-44-48-27-18-25(39(46)61)20-31(65-5)34(27)54(44)12-9-10-13-55-35-28(49-45(55)51-42(64)30-17-24(4)53-57(30)8-2)19-26(40(47)62)21-32(35)67-14-11-15-68-38-33(22-58)69-43(66-6)37(60)36(38)59;1-7-55-29(16-23(3)51-55)40(61)49-43-47-27-18-25(38(45)59)20-31(63-5)34(27)53(43)12-9-10-13-54-35-28(48-44(54)50-41(62)30-17-24(4)52-56(30)8-2)19-26(39(46)60)21-32(35)65-14-11-15-66-37-36(58)33(22-57)67-42(37)64-6/h9-10,16-21,33,36-38,43,58-60H,7-8,11-15,22H2,1-6H3,(H2,46,61)(H2,47,62)(H,48,50,63)(H,49,51,64);9-10,16-21,33,36-37,42,57-58H,7-8,11-15,22H2,1-6H3,(H2,45,59)(H2,46,60)(H,47,49,61)(H,48,50,62)/b2*10-9+/t33-,36-,37-,38-,43+;33-,36-,37-,42-/m11/s1. The SMILES string of the molecule is CCn1nc(C)cc1C(=O)Nc1nc2cc(C(N)=O)cc(OC)c2n1C/C=C/Cn1c(NC(=O)c2cc(C)nn2CC)nc2cc(C(N)=O)cc(OCCCO[C@H]3[C@H](O)[C@@H](O)[C@@H](OC)O[C@@H]3CO)c21.CCn1nc(C)cc1C(=O)Nc1nc2cc(C(N)=O)cc(OC)c2n1C/C=C/Cn1c(NC(=O)c2cc(C)nn2CC)nc2cc(C(N)=O)cc(OCCCO[C@H]3[C@H](OC)O[C@H](CO)[C@H]3O)c21. The van der Waals surface area contributed by atoms with Gasteiger partial charge in [0.15, 0.2) is 12.6 Å². The number of anilines is 4. The van der Waals surface area contributed by atoms with Crippen molar-refractivity contribution >= 4 is 115 Å². The van der Waals surface area contributed by atoms with Gasteiger partial charge in [0.2, 0.25) is 47.4 Å². The van der Waals surface area contributed by atoms with E-state index in [0.717, 1.165) is 0 Å². The van der Waals surface area contributed by atoms with E-state index in [1.165, 1.54) is 77.0 Å². The fourth-order valence-electron chi connectivity index (χ4n) is 16.0. The van der Waals surface area contributed by atoms with E-state index in [1.807, 2.05) is 27.7 Å². The maximum atomic E-state index is 13.9. The van der Waals surface area contributed by atoms with E-state index in [4.69, 9.17) is 80.3 Å². The molecule has 8 amide bonds. The number of allylic oxidation sites excluding steroid dienone is 4. The van der Waals surface area contributed by atoms with Crippen molar-refractivity contribution in [3.8, 4) is 23.0 Å². The highest BCUT2D eigenvalue weighted by molar-refractivity contribution is 6.08. The quantitative estimate of drug-likeness (QED) is 0.0190. The zero-order chi connectivity index (χ0) is 97.8. The van der Waals surface area contributed by atoms with E-state index in [9.17, 15) is 63.9 Å². The Balaban J connectivity index is 0.000000230. The van der Waals surface area contributed by atoms with Crippen LogP contribution < -0.4 is 63.1 Å². The van der Waals surface area contributed by atoms with Crippen LogP contribution in [0.5, 0.6) is 23.0 Å². The number of imidazole rings is 4. The summed E-state index contributed by atoms with van der Waals surface area (Å²) < 4.78 is 70.1. The Morgan fingerprint density at radius 1 is 0.382 bits per heavy atom. The number of rotatable bonds is 42. The molecule has 47 nitrogen and oxygen atoms in total. The molecule has 0 radical (unpaired) electrons. The Labute approximate surface area is 776 Å². The molecular formula is C89H110N24O23. The summed E-state index contributed by atoms with van der Waals surface area (Å²) in [5.41, 5.74) is 30.0.